The lowest BCUT2D eigenvalue weighted by Crippen LogP contribution is -2.20. The summed E-state index contributed by atoms with van der Waals surface area (Å²) in [6.45, 7) is 0.941. The van der Waals surface area contributed by atoms with Crippen molar-refractivity contribution in [1.82, 2.24) is 0 Å². The number of benzene rings is 1. The van der Waals surface area contributed by atoms with Crippen LogP contribution in [0.15, 0.2) is 42.6 Å². The molecule has 3 N–H and O–H groups in total. The predicted molar refractivity (Wildman–Crippen MR) is 79.7 cm³/mol. The number of hydrogen-bond acceptors (Lipinski definition) is 6. The molecule has 2 aromatic rings. The zero-order valence-corrected chi connectivity index (χ0v) is 11.5. The van der Waals surface area contributed by atoms with Crippen LogP contribution in [0.25, 0.3) is 0 Å². The van der Waals surface area contributed by atoms with Crippen molar-refractivity contribution in [2.75, 3.05) is 23.7 Å². The second kappa shape index (κ2) is 6.97. The Kier molecular flexibility index (Phi) is 4.81. The monoisotopic (exact) mass is 304 g/mol. The van der Waals surface area contributed by atoms with Gasteiger partial charge in [0, 0.05) is 23.9 Å². The molecule has 1 aromatic heterocycles. The number of nitro groups is 2. The van der Waals surface area contributed by atoms with Gasteiger partial charge in [0.15, 0.2) is 0 Å². The van der Waals surface area contributed by atoms with Crippen molar-refractivity contribution in [2.45, 2.75) is 0 Å². The van der Waals surface area contributed by atoms with E-state index in [0.29, 0.717) is 18.9 Å². The fourth-order valence-corrected chi connectivity index (χ4v) is 1.82. The third kappa shape index (κ3) is 3.88. The van der Waals surface area contributed by atoms with Crippen LogP contribution < -0.4 is 15.6 Å². The maximum absolute atomic E-state index is 10.8. The molecule has 0 aliphatic rings. The molecule has 0 saturated carbocycles. The van der Waals surface area contributed by atoms with E-state index in [-0.39, 0.29) is 11.4 Å². The molecule has 0 aliphatic heterocycles. The lowest BCUT2D eigenvalue weighted by Gasteiger charge is -2.04. The average Bonchev–Trinajstić information content (AvgIpc) is 2.52. The molecule has 0 amide bonds. The molecule has 0 aliphatic carbocycles. The second-order valence-corrected chi connectivity index (χ2v) is 4.35. The van der Waals surface area contributed by atoms with Crippen molar-refractivity contribution in [2.24, 2.45) is 0 Å². The number of nitro benzene ring substituents is 1. The Morgan fingerprint density at radius 3 is 2.27 bits per heavy atom. The first-order valence-corrected chi connectivity index (χ1v) is 6.45. The van der Waals surface area contributed by atoms with E-state index < -0.39 is 9.85 Å². The number of nitrogens with zero attached hydrogens (tertiary/aromatic N) is 2. The number of aromatic amines is 1. The fraction of sp³-hybridized carbons (Fsp3) is 0.154. The Hall–Kier alpha value is -3.23. The number of rotatable bonds is 7. The minimum Gasteiger partial charge on any atom is -0.381 e. The van der Waals surface area contributed by atoms with Crippen LogP contribution in [0.5, 0.6) is 0 Å². The van der Waals surface area contributed by atoms with Gasteiger partial charge in [-0.1, -0.05) is 0 Å². The van der Waals surface area contributed by atoms with E-state index in [1.54, 1.807) is 24.4 Å². The maximum Gasteiger partial charge on any atom is 0.357 e. The van der Waals surface area contributed by atoms with Gasteiger partial charge in [-0.15, -0.1) is 0 Å². The van der Waals surface area contributed by atoms with Gasteiger partial charge in [-0.25, -0.2) is 4.98 Å². The van der Waals surface area contributed by atoms with E-state index in [4.69, 9.17) is 0 Å². The summed E-state index contributed by atoms with van der Waals surface area (Å²) in [7, 11) is 0. The fourth-order valence-electron chi connectivity index (χ4n) is 1.82. The van der Waals surface area contributed by atoms with Gasteiger partial charge in [0.1, 0.15) is 6.54 Å². The molecule has 1 aromatic carbocycles. The molecule has 22 heavy (non-hydrogen) atoms. The van der Waals surface area contributed by atoms with Gasteiger partial charge < -0.3 is 5.32 Å². The Labute approximate surface area is 125 Å². The van der Waals surface area contributed by atoms with Gasteiger partial charge in [0.2, 0.25) is 0 Å². The van der Waals surface area contributed by atoms with Crippen LogP contribution in [-0.4, -0.2) is 22.9 Å². The number of non-ortho nitro benzene ring substituents is 1. The van der Waals surface area contributed by atoms with E-state index in [9.17, 15) is 20.2 Å². The van der Waals surface area contributed by atoms with Gasteiger partial charge in [0.25, 0.3) is 5.69 Å². The smallest absolute Gasteiger partial charge is 0.357 e. The largest absolute Gasteiger partial charge is 0.381 e. The molecule has 2 rings (SSSR count). The summed E-state index contributed by atoms with van der Waals surface area (Å²) in [6.07, 6.45) is 1.60. The molecule has 0 spiro atoms. The summed E-state index contributed by atoms with van der Waals surface area (Å²) >= 11 is 0. The summed E-state index contributed by atoms with van der Waals surface area (Å²) in [4.78, 5) is 23.2. The molecule has 1 heterocycles. The van der Waals surface area contributed by atoms with Crippen molar-refractivity contribution < 1.29 is 14.8 Å². The Bertz CT molecular complexity index is 674. The van der Waals surface area contributed by atoms with Gasteiger partial charge >= 0.3 is 11.5 Å². The van der Waals surface area contributed by atoms with Crippen LogP contribution >= 0.6 is 0 Å². The zero-order valence-electron chi connectivity index (χ0n) is 11.5. The summed E-state index contributed by atoms with van der Waals surface area (Å²) in [5.74, 6) is 0.331. The van der Waals surface area contributed by atoms with Gasteiger partial charge in [-0.2, -0.15) is 0 Å². The average molecular weight is 304 g/mol. The Morgan fingerprint density at radius 2 is 1.64 bits per heavy atom. The third-order valence-electron chi connectivity index (χ3n) is 2.86. The standard InChI is InChI=1S/C13H13N5O4/c19-17(20)11-5-3-10(4-6-11)14-8-9-16-13-12(18(21)22)2-1-7-15-13/h1-7,14H,8-9H2,(H,15,16)/p+1. The quantitative estimate of drug-likeness (QED) is 0.457. The number of anilines is 2. The minimum absolute atomic E-state index is 0.0261. The second-order valence-electron chi connectivity index (χ2n) is 4.35. The normalized spacial score (nSPS) is 10.0. The zero-order chi connectivity index (χ0) is 15.9. The van der Waals surface area contributed by atoms with Crippen LogP contribution in [0, 0.1) is 20.2 Å². The van der Waals surface area contributed by atoms with E-state index in [1.165, 1.54) is 18.2 Å². The lowest BCUT2D eigenvalue weighted by molar-refractivity contribution is -0.409. The predicted octanol–water partition coefficient (Wildman–Crippen LogP) is 1.84. The Morgan fingerprint density at radius 1 is 0.955 bits per heavy atom. The molecule has 114 valence electrons. The van der Waals surface area contributed by atoms with Crippen molar-refractivity contribution in [3.05, 3.63) is 62.8 Å². The first-order chi connectivity index (χ1) is 10.6. The van der Waals surface area contributed by atoms with Crippen molar-refractivity contribution in [1.29, 1.82) is 0 Å². The minimum atomic E-state index is -0.470. The maximum atomic E-state index is 10.8. The summed E-state index contributed by atoms with van der Waals surface area (Å²) < 4.78 is 0. The van der Waals surface area contributed by atoms with Crippen LogP contribution in [0.3, 0.4) is 0 Å². The van der Waals surface area contributed by atoms with Gasteiger partial charge in [-0.05, 0) is 18.2 Å². The van der Waals surface area contributed by atoms with Crippen LogP contribution in [0.2, 0.25) is 0 Å². The van der Waals surface area contributed by atoms with E-state index in [1.807, 2.05) is 0 Å². The highest BCUT2D eigenvalue weighted by atomic mass is 16.6. The molecule has 0 radical (unpaired) electrons. The van der Waals surface area contributed by atoms with Gasteiger partial charge in [0.05, 0.1) is 22.6 Å². The number of pyridine rings is 1. The molecule has 9 nitrogen and oxygen atoms in total. The van der Waals surface area contributed by atoms with E-state index >= 15 is 0 Å². The third-order valence-corrected chi connectivity index (χ3v) is 2.86. The SMILES string of the molecule is O=[N+]([O-])c1ccc(NCCNc2[nH+]cccc2[N+](=O)[O-])cc1. The number of hydrogen-bond donors (Lipinski definition) is 2. The molecule has 0 saturated heterocycles. The molecular weight excluding hydrogens is 290 g/mol. The topological polar surface area (TPSA) is 124 Å². The summed E-state index contributed by atoms with van der Waals surface area (Å²) in [5, 5.41) is 27.4. The van der Waals surface area contributed by atoms with Crippen LogP contribution in [0.1, 0.15) is 0 Å². The van der Waals surface area contributed by atoms with E-state index in [0.717, 1.165) is 5.69 Å². The van der Waals surface area contributed by atoms with Crippen LogP contribution in [-0.2, 0) is 0 Å². The summed E-state index contributed by atoms with van der Waals surface area (Å²) in [5.41, 5.74) is 0.731. The highest BCUT2D eigenvalue weighted by molar-refractivity contribution is 5.51. The number of nitrogens with one attached hydrogen (secondary N) is 3. The highest BCUT2D eigenvalue weighted by Gasteiger charge is 2.18. The summed E-state index contributed by atoms with van der Waals surface area (Å²) in [6, 6.07) is 8.99. The first-order valence-electron chi connectivity index (χ1n) is 6.45. The van der Waals surface area contributed by atoms with Crippen molar-refractivity contribution in [3.63, 3.8) is 0 Å². The first kappa shape index (κ1) is 15.2. The van der Waals surface area contributed by atoms with Gasteiger partial charge in [-0.3, -0.25) is 25.5 Å². The molecule has 0 fully saturated rings. The lowest BCUT2D eigenvalue weighted by atomic mass is 10.3. The van der Waals surface area contributed by atoms with E-state index in [2.05, 4.69) is 15.6 Å². The molecule has 0 unspecified atom stereocenters. The molecular formula is C13H14N5O4+. The van der Waals surface area contributed by atoms with Crippen molar-refractivity contribution >= 4 is 22.9 Å². The van der Waals surface area contributed by atoms with Crippen molar-refractivity contribution in [3.8, 4) is 0 Å². The highest BCUT2D eigenvalue weighted by Crippen LogP contribution is 2.17. The number of aromatic nitrogens is 1. The number of H-pyrrole nitrogens is 1. The molecule has 9 heteroatoms. The molecule has 0 atom stereocenters. The van der Waals surface area contributed by atoms with Crippen LogP contribution in [0.4, 0.5) is 22.9 Å². The molecule has 0 bridgehead atoms. The Balaban J connectivity index is 1.85.